The first kappa shape index (κ1) is 17.5. The summed E-state index contributed by atoms with van der Waals surface area (Å²) in [4.78, 5) is 13.9. The summed E-state index contributed by atoms with van der Waals surface area (Å²) in [5.74, 6) is 0.241. The Labute approximate surface area is 128 Å². The lowest BCUT2D eigenvalue weighted by atomic mass is 10.0. The van der Waals surface area contributed by atoms with E-state index in [9.17, 15) is 4.79 Å². The topological polar surface area (TPSA) is 41.6 Å². The summed E-state index contributed by atoms with van der Waals surface area (Å²) in [5.41, 5.74) is 2.33. The molecule has 0 fully saturated rings. The summed E-state index contributed by atoms with van der Waals surface area (Å²) < 4.78 is 4.89. The van der Waals surface area contributed by atoms with Crippen molar-refractivity contribution in [1.29, 1.82) is 0 Å². The number of esters is 1. The number of hydrogen-bond donors (Lipinski definition) is 1. The molecule has 0 spiro atoms. The van der Waals surface area contributed by atoms with Crippen LogP contribution in [0.15, 0.2) is 24.3 Å². The average molecular weight is 292 g/mol. The predicted molar refractivity (Wildman–Crippen MR) is 87.6 cm³/mol. The number of anilines is 1. The zero-order valence-corrected chi connectivity index (χ0v) is 14.0. The number of hydrogen-bond acceptors (Lipinski definition) is 4. The van der Waals surface area contributed by atoms with Crippen LogP contribution in [0.4, 0.5) is 5.69 Å². The molecule has 2 atom stereocenters. The van der Waals surface area contributed by atoms with Gasteiger partial charge in [0.25, 0.3) is 0 Å². The molecule has 0 bridgehead atoms. The molecular weight excluding hydrogens is 264 g/mol. The lowest BCUT2D eigenvalue weighted by Gasteiger charge is -2.23. The van der Waals surface area contributed by atoms with Crippen molar-refractivity contribution in [1.82, 2.24) is 5.32 Å². The number of nitrogens with one attached hydrogen (secondary N) is 1. The van der Waals surface area contributed by atoms with E-state index in [2.05, 4.69) is 55.3 Å². The van der Waals surface area contributed by atoms with Crippen molar-refractivity contribution in [2.75, 3.05) is 26.1 Å². The zero-order chi connectivity index (χ0) is 16.0. The van der Waals surface area contributed by atoms with Gasteiger partial charge in [-0.2, -0.15) is 0 Å². The number of benzene rings is 1. The van der Waals surface area contributed by atoms with Gasteiger partial charge >= 0.3 is 5.97 Å². The zero-order valence-electron chi connectivity index (χ0n) is 14.0. The van der Waals surface area contributed by atoms with Crippen molar-refractivity contribution in [3.05, 3.63) is 29.8 Å². The smallest absolute Gasteiger partial charge is 0.322 e. The fourth-order valence-electron chi connectivity index (χ4n) is 2.31. The van der Waals surface area contributed by atoms with Crippen molar-refractivity contribution in [3.8, 4) is 0 Å². The number of rotatable bonds is 7. The first-order valence-electron chi connectivity index (χ1n) is 7.46. The van der Waals surface area contributed by atoms with Crippen LogP contribution in [0.3, 0.4) is 0 Å². The normalized spacial score (nSPS) is 13.9. The fourth-order valence-corrected chi connectivity index (χ4v) is 2.31. The number of nitrogens with zero attached hydrogens (tertiary/aromatic N) is 1. The Bertz CT molecular complexity index is 441. The first-order chi connectivity index (χ1) is 9.85. The van der Waals surface area contributed by atoms with Crippen LogP contribution in [0, 0.1) is 5.92 Å². The van der Waals surface area contributed by atoms with Gasteiger partial charge in [0.1, 0.15) is 6.04 Å². The summed E-state index contributed by atoms with van der Waals surface area (Å²) in [6, 6.07) is 8.20. The van der Waals surface area contributed by atoms with Gasteiger partial charge in [-0.15, -0.1) is 0 Å². The molecule has 1 aromatic carbocycles. The molecule has 4 nitrogen and oxygen atoms in total. The molecule has 4 heteroatoms. The van der Waals surface area contributed by atoms with Crippen LogP contribution in [0.25, 0.3) is 0 Å². The Morgan fingerprint density at radius 1 is 1.19 bits per heavy atom. The lowest BCUT2D eigenvalue weighted by Crippen LogP contribution is -2.40. The van der Waals surface area contributed by atoms with Crippen molar-refractivity contribution in [2.24, 2.45) is 5.92 Å². The van der Waals surface area contributed by atoms with E-state index in [1.807, 2.05) is 14.1 Å². The monoisotopic (exact) mass is 292 g/mol. The standard InChI is InChI=1S/C17H28N2O2/c1-12(2)11-16(17(20)21-6)18-13(3)14-7-9-15(10-8-14)19(4)5/h7-10,12-13,16,18H,11H2,1-6H3. The molecule has 0 saturated heterocycles. The van der Waals surface area contributed by atoms with E-state index in [1.165, 1.54) is 12.7 Å². The van der Waals surface area contributed by atoms with Gasteiger partial charge in [-0.05, 0) is 37.0 Å². The van der Waals surface area contributed by atoms with Crippen LogP contribution in [0.2, 0.25) is 0 Å². The highest BCUT2D eigenvalue weighted by Crippen LogP contribution is 2.19. The molecule has 1 aromatic rings. The minimum absolute atomic E-state index is 0.101. The summed E-state index contributed by atoms with van der Waals surface area (Å²) in [5, 5.41) is 3.38. The van der Waals surface area contributed by atoms with Gasteiger partial charge in [-0.3, -0.25) is 10.1 Å². The van der Waals surface area contributed by atoms with E-state index in [1.54, 1.807) is 0 Å². The van der Waals surface area contributed by atoms with Gasteiger partial charge in [0.15, 0.2) is 0 Å². The molecule has 0 aliphatic carbocycles. The van der Waals surface area contributed by atoms with Crippen LogP contribution < -0.4 is 10.2 Å². The molecule has 0 amide bonds. The minimum atomic E-state index is -0.265. The van der Waals surface area contributed by atoms with Gasteiger partial charge < -0.3 is 9.64 Å². The first-order valence-corrected chi connectivity index (χ1v) is 7.46. The number of methoxy groups -OCH3 is 1. The highest BCUT2D eigenvalue weighted by Gasteiger charge is 2.22. The molecule has 1 N–H and O–H groups in total. The van der Waals surface area contributed by atoms with Crippen molar-refractivity contribution in [3.63, 3.8) is 0 Å². The maximum Gasteiger partial charge on any atom is 0.322 e. The fraction of sp³-hybridized carbons (Fsp3) is 0.588. The second kappa shape index (κ2) is 8.03. The molecule has 0 aliphatic heterocycles. The van der Waals surface area contributed by atoms with Gasteiger partial charge in [0.05, 0.1) is 7.11 Å². The van der Waals surface area contributed by atoms with Gasteiger partial charge in [-0.25, -0.2) is 0 Å². The molecule has 0 saturated carbocycles. The van der Waals surface area contributed by atoms with E-state index in [4.69, 9.17) is 4.74 Å². The number of carbonyl (C=O) groups excluding carboxylic acids is 1. The van der Waals surface area contributed by atoms with Crippen molar-refractivity contribution < 1.29 is 9.53 Å². The molecule has 0 aliphatic rings. The third-order valence-electron chi connectivity index (χ3n) is 3.55. The van der Waals surface area contributed by atoms with E-state index in [0.717, 1.165) is 12.1 Å². The van der Waals surface area contributed by atoms with E-state index < -0.39 is 0 Å². The summed E-state index contributed by atoms with van der Waals surface area (Å²) in [6.07, 6.45) is 0.771. The Hall–Kier alpha value is -1.55. The molecule has 118 valence electrons. The molecule has 0 heterocycles. The largest absolute Gasteiger partial charge is 0.468 e. The number of ether oxygens (including phenoxy) is 1. The highest BCUT2D eigenvalue weighted by atomic mass is 16.5. The summed E-state index contributed by atoms with van der Waals surface area (Å²) in [6.45, 7) is 6.28. The molecule has 21 heavy (non-hydrogen) atoms. The lowest BCUT2D eigenvalue weighted by molar-refractivity contribution is -0.143. The number of carbonyl (C=O) groups is 1. The quantitative estimate of drug-likeness (QED) is 0.785. The third-order valence-corrected chi connectivity index (χ3v) is 3.55. The summed E-state index contributed by atoms with van der Waals surface area (Å²) >= 11 is 0. The van der Waals surface area contributed by atoms with Crippen molar-refractivity contribution in [2.45, 2.75) is 39.3 Å². The highest BCUT2D eigenvalue weighted by molar-refractivity contribution is 5.75. The molecule has 2 unspecified atom stereocenters. The van der Waals surface area contributed by atoms with Gasteiger partial charge in [-0.1, -0.05) is 26.0 Å². The SMILES string of the molecule is COC(=O)C(CC(C)C)NC(C)c1ccc(N(C)C)cc1. The van der Waals surface area contributed by atoms with Crippen LogP contribution in [-0.2, 0) is 9.53 Å². The second-order valence-electron chi connectivity index (χ2n) is 6.08. The Morgan fingerprint density at radius 2 is 1.76 bits per heavy atom. The Morgan fingerprint density at radius 3 is 2.19 bits per heavy atom. The Balaban J connectivity index is 2.76. The molecular formula is C17H28N2O2. The second-order valence-corrected chi connectivity index (χ2v) is 6.08. The van der Waals surface area contributed by atoms with Crippen LogP contribution in [0.1, 0.15) is 38.8 Å². The summed E-state index contributed by atoms with van der Waals surface area (Å²) in [7, 11) is 5.48. The van der Waals surface area contributed by atoms with E-state index in [0.29, 0.717) is 5.92 Å². The van der Waals surface area contributed by atoms with Crippen LogP contribution in [-0.4, -0.2) is 33.2 Å². The van der Waals surface area contributed by atoms with E-state index in [-0.39, 0.29) is 18.1 Å². The Kier molecular flexibility index (Phi) is 6.69. The van der Waals surface area contributed by atoms with Crippen LogP contribution >= 0.6 is 0 Å². The maximum absolute atomic E-state index is 11.9. The van der Waals surface area contributed by atoms with Crippen LogP contribution in [0.5, 0.6) is 0 Å². The maximum atomic E-state index is 11.9. The third kappa shape index (κ3) is 5.38. The van der Waals surface area contributed by atoms with Gasteiger partial charge in [0, 0.05) is 25.8 Å². The van der Waals surface area contributed by atoms with Crippen molar-refractivity contribution >= 4 is 11.7 Å². The van der Waals surface area contributed by atoms with E-state index >= 15 is 0 Å². The molecule has 1 rings (SSSR count). The predicted octanol–water partition coefficient (Wildman–Crippen LogP) is 2.99. The minimum Gasteiger partial charge on any atom is -0.468 e. The van der Waals surface area contributed by atoms with Gasteiger partial charge in [0.2, 0.25) is 0 Å². The average Bonchev–Trinajstić information content (AvgIpc) is 2.45. The molecule has 0 aromatic heterocycles. The molecule has 0 radical (unpaired) electrons.